The van der Waals surface area contributed by atoms with Crippen molar-refractivity contribution in [3.63, 3.8) is 0 Å². The monoisotopic (exact) mass is 368 g/mol. The van der Waals surface area contributed by atoms with Gasteiger partial charge in [0.1, 0.15) is 11.6 Å². The molecule has 0 saturated carbocycles. The highest BCUT2D eigenvalue weighted by Crippen LogP contribution is 2.16. The van der Waals surface area contributed by atoms with Gasteiger partial charge in [-0.25, -0.2) is 8.78 Å². The third-order valence-corrected chi connectivity index (χ3v) is 4.54. The highest BCUT2D eigenvalue weighted by molar-refractivity contribution is 5.79. The first-order valence-corrected chi connectivity index (χ1v) is 9.21. The SMILES string of the molecule is CCNC(=NCC(C)(C)N1CCOCC1)NCCc1ccc(F)cc1F. The van der Waals surface area contributed by atoms with Crippen LogP contribution in [0.15, 0.2) is 23.2 Å². The van der Waals surface area contributed by atoms with Crippen molar-refractivity contribution in [1.29, 1.82) is 0 Å². The molecule has 2 N–H and O–H groups in total. The van der Waals surface area contributed by atoms with Crippen molar-refractivity contribution in [2.45, 2.75) is 32.7 Å². The van der Waals surface area contributed by atoms with Gasteiger partial charge < -0.3 is 15.4 Å². The van der Waals surface area contributed by atoms with Crippen molar-refractivity contribution in [3.05, 3.63) is 35.4 Å². The van der Waals surface area contributed by atoms with Crippen LogP contribution in [0.4, 0.5) is 8.78 Å². The molecule has 26 heavy (non-hydrogen) atoms. The van der Waals surface area contributed by atoms with Crippen LogP contribution in [-0.2, 0) is 11.2 Å². The molecule has 0 amide bonds. The molecule has 0 aromatic heterocycles. The number of aliphatic imine (C=N–C) groups is 1. The van der Waals surface area contributed by atoms with Crippen LogP contribution in [-0.4, -0.2) is 62.3 Å². The number of benzene rings is 1. The van der Waals surface area contributed by atoms with Crippen molar-refractivity contribution in [3.8, 4) is 0 Å². The lowest BCUT2D eigenvalue weighted by atomic mass is 10.0. The molecule has 0 aliphatic carbocycles. The second-order valence-corrected chi connectivity index (χ2v) is 7.02. The van der Waals surface area contributed by atoms with Gasteiger partial charge in [0.25, 0.3) is 0 Å². The van der Waals surface area contributed by atoms with Crippen LogP contribution in [0.5, 0.6) is 0 Å². The zero-order valence-corrected chi connectivity index (χ0v) is 15.9. The van der Waals surface area contributed by atoms with E-state index in [-0.39, 0.29) is 5.54 Å². The topological polar surface area (TPSA) is 48.9 Å². The van der Waals surface area contributed by atoms with Crippen molar-refractivity contribution < 1.29 is 13.5 Å². The lowest BCUT2D eigenvalue weighted by Crippen LogP contribution is -2.52. The summed E-state index contributed by atoms with van der Waals surface area (Å²) in [5, 5.41) is 6.43. The summed E-state index contributed by atoms with van der Waals surface area (Å²) in [5.74, 6) is -0.363. The second kappa shape index (κ2) is 9.83. The molecule has 146 valence electrons. The summed E-state index contributed by atoms with van der Waals surface area (Å²) in [7, 11) is 0. The normalized spacial score (nSPS) is 16.6. The Labute approximate surface area is 154 Å². The Bertz CT molecular complexity index is 601. The standard InChI is InChI=1S/C19H30F2N4O/c1-4-22-18(23-8-7-15-5-6-16(20)13-17(15)21)24-14-19(2,3)25-9-11-26-12-10-25/h5-6,13H,4,7-12,14H2,1-3H3,(H2,22,23,24). The van der Waals surface area contributed by atoms with Gasteiger partial charge in [0.2, 0.25) is 0 Å². The molecule has 5 nitrogen and oxygen atoms in total. The Morgan fingerprint density at radius 1 is 1.23 bits per heavy atom. The van der Waals surface area contributed by atoms with Crippen molar-refractivity contribution >= 4 is 5.96 Å². The third-order valence-electron chi connectivity index (χ3n) is 4.54. The molecular formula is C19H30F2N4O. The molecule has 1 aromatic rings. The molecule has 1 aliphatic heterocycles. The molecule has 2 rings (SSSR count). The van der Waals surface area contributed by atoms with Gasteiger partial charge in [-0.1, -0.05) is 6.07 Å². The summed E-state index contributed by atoms with van der Waals surface area (Å²) in [6.45, 7) is 11.6. The fourth-order valence-electron chi connectivity index (χ4n) is 2.92. The van der Waals surface area contributed by atoms with Gasteiger partial charge >= 0.3 is 0 Å². The fraction of sp³-hybridized carbons (Fsp3) is 0.632. The van der Waals surface area contributed by atoms with Crippen molar-refractivity contribution in [2.24, 2.45) is 4.99 Å². The van der Waals surface area contributed by atoms with E-state index in [1.807, 2.05) is 6.92 Å². The molecule has 0 spiro atoms. The molecule has 1 fully saturated rings. The molecule has 1 aliphatic rings. The van der Waals surface area contributed by atoms with Gasteiger partial charge in [0, 0.05) is 37.8 Å². The maximum atomic E-state index is 13.7. The lowest BCUT2D eigenvalue weighted by Gasteiger charge is -2.39. The number of nitrogens with zero attached hydrogens (tertiary/aromatic N) is 2. The molecule has 1 saturated heterocycles. The third kappa shape index (κ3) is 6.21. The lowest BCUT2D eigenvalue weighted by molar-refractivity contribution is -0.00683. The number of hydrogen-bond donors (Lipinski definition) is 2. The summed E-state index contributed by atoms with van der Waals surface area (Å²) in [6, 6.07) is 3.68. The van der Waals surface area contributed by atoms with E-state index in [1.54, 1.807) is 0 Å². The molecule has 0 unspecified atom stereocenters. The number of morpholine rings is 1. The van der Waals surface area contributed by atoms with Crippen LogP contribution in [0, 0.1) is 11.6 Å². The van der Waals surface area contributed by atoms with Crippen LogP contribution in [0.25, 0.3) is 0 Å². The summed E-state index contributed by atoms with van der Waals surface area (Å²) >= 11 is 0. The average Bonchev–Trinajstić information content (AvgIpc) is 2.62. The van der Waals surface area contributed by atoms with Gasteiger partial charge in [-0.2, -0.15) is 0 Å². The van der Waals surface area contributed by atoms with E-state index in [9.17, 15) is 8.78 Å². The van der Waals surface area contributed by atoms with E-state index in [4.69, 9.17) is 4.74 Å². The summed E-state index contributed by atoms with van der Waals surface area (Å²) in [4.78, 5) is 7.07. The fourth-order valence-corrected chi connectivity index (χ4v) is 2.92. The minimum Gasteiger partial charge on any atom is -0.379 e. The first-order valence-electron chi connectivity index (χ1n) is 9.21. The van der Waals surface area contributed by atoms with Crippen LogP contribution >= 0.6 is 0 Å². The smallest absolute Gasteiger partial charge is 0.191 e. The zero-order valence-electron chi connectivity index (χ0n) is 15.9. The Hall–Kier alpha value is -1.73. The van der Waals surface area contributed by atoms with Crippen molar-refractivity contribution in [2.75, 3.05) is 45.9 Å². The highest BCUT2D eigenvalue weighted by Gasteiger charge is 2.28. The van der Waals surface area contributed by atoms with E-state index in [2.05, 4.69) is 34.4 Å². The Morgan fingerprint density at radius 2 is 1.96 bits per heavy atom. The van der Waals surface area contributed by atoms with E-state index >= 15 is 0 Å². The number of rotatable bonds is 7. The van der Waals surface area contributed by atoms with Gasteiger partial charge in [-0.05, 0) is 38.8 Å². The largest absolute Gasteiger partial charge is 0.379 e. The minimum absolute atomic E-state index is 0.0603. The van der Waals surface area contributed by atoms with Gasteiger partial charge in [-0.3, -0.25) is 9.89 Å². The number of nitrogens with one attached hydrogen (secondary N) is 2. The Kier molecular flexibility index (Phi) is 7.78. The molecule has 0 radical (unpaired) electrons. The molecule has 1 aromatic carbocycles. The van der Waals surface area contributed by atoms with E-state index in [1.165, 1.54) is 12.1 Å². The van der Waals surface area contributed by atoms with E-state index < -0.39 is 11.6 Å². The highest BCUT2D eigenvalue weighted by atomic mass is 19.1. The number of halogens is 2. The van der Waals surface area contributed by atoms with Crippen LogP contribution < -0.4 is 10.6 Å². The second-order valence-electron chi connectivity index (χ2n) is 7.02. The Morgan fingerprint density at radius 3 is 2.62 bits per heavy atom. The minimum atomic E-state index is -0.556. The molecule has 0 atom stereocenters. The molecular weight excluding hydrogens is 338 g/mol. The van der Waals surface area contributed by atoms with E-state index in [0.29, 0.717) is 31.0 Å². The quantitative estimate of drug-likeness (QED) is 0.572. The van der Waals surface area contributed by atoms with Crippen LogP contribution in [0.2, 0.25) is 0 Å². The first-order chi connectivity index (χ1) is 12.4. The number of hydrogen-bond acceptors (Lipinski definition) is 3. The maximum Gasteiger partial charge on any atom is 0.191 e. The number of guanidine groups is 1. The van der Waals surface area contributed by atoms with Crippen molar-refractivity contribution in [1.82, 2.24) is 15.5 Å². The van der Waals surface area contributed by atoms with Gasteiger partial charge in [0.05, 0.1) is 19.8 Å². The first kappa shape index (κ1) is 20.6. The zero-order chi connectivity index (χ0) is 19.0. The van der Waals surface area contributed by atoms with E-state index in [0.717, 1.165) is 38.9 Å². The van der Waals surface area contributed by atoms with Crippen LogP contribution in [0.3, 0.4) is 0 Å². The van der Waals surface area contributed by atoms with Gasteiger partial charge in [0.15, 0.2) is 5.96 Å². The average molecular weight is 368 g/mol. The summed E-state index contributed by atoms with van der Waals surface area (Å²) in [6.07, 6.45) is 0.462. The Balaban J connectivity index is 1.89. The molecule has 0 bridgehead atoms. The molecule has 1 heterocycles. The predicted octanol–water partition coefficient (Wildman–Crippen LogP) is 2.17. The number of ether oxygens (including phenoxy) is 1. The predicted molar refractivity (Wildman–Crippen MR) is 101 cm³/mol. The maximum absolute atomic E-state index is 13.7. The summed E-state index contributed by atoms with van der Waals surface area (Å²) < 4.78 is 32.1. The van der Waals surface area contributed by atoms with Gasteiger partial charge in [-0.15, -0.1) is 0 Å². The molecule has 7 heteroatoms. The van der Waals surface area contributed by atoms with Crippen LogP contribution in [0.1, 0.15) is 26.3 Å². The summed E-state index contributed by atoms with van der Waals surface area (Å²) in [5.41, 5.74) is 0.429.